The van der Waals surface area contributed by atoms with Crippen molar-refractivity contribution < 1.29 is 0 Å². The van der Waals surface area contributed by atoms with Gasteiger partial charge in [-0.15, -0.1) is 11.3 Å². The quantitative estimate of drug-likeness (QED) is 0.863. The van der Waals surface area contributed by atoms with Crippen LogP contribution in [0.1, 0.15) is 48.5 Å². The second kappa shape index (κ2) is 6.11. The first-order chi connectivity index (χ1) is 9.78. The first-order valence-corrected chi connectivity index (χ1v) is 8.52. The van der Waals surface area contributed by atoms with Crippen LogP contribution in [0.3, 0.4) is 0 Å². The fraction of sp³-hybridized carbons (Fsp3) is 0.444. The van der Waals surface area contributed by atoms with Crippen LogP contribution in [0.15, 0.2) is 47.8 Å². The lowest BCUT2D eigenvalue weighted by Crippen LogP contribution is -2.48. The van der Waals surface area contributed by atoms with Crippen LogP contribution >= 0.6 is 11.3 Å². The van der Waals surface area contributed by atoms with Crippen LogP contribution in [-0.4, -0.2) is 5.54 Å². The fourth-order valence-corrected chi connectivity index (χ4v) is 4.27. The van der Waals surface area contributed by atoms with Crippen LogP contribution in [0.5, 0.6) is 0 Å². The van der Waals surface area contributed by atoms with E-state index < -0.39 is 0 Å². The van der Waals surface area contributed by atoms with Crippen LogP contribution in [0.2, 0.25) is 0 Å². The highest BCUT2D eigenvalue weighted by Crippen LogP contribution is 2.41. The highest BCUT2D eigenvalue weighted by Gasteiger charge is 2.37. The molecule has 2 unspecified atom stereocenters. The summed E-state index contributed by atoms with van der Waals surface area (Å²) in [6, 6.07) is 15.3. The molecule has 3 rings (SSSR count). The first-order valence-electron chi connectivity index (χ1n) is 7.64. The predicted molar refractivity (Wildman–Crippen MR) is 87.2 cm³/mol. The molecule has 0 spiro atoms. The Bertz CT molecular complexity index is 520. The molecule has 1 aromatic carbocycles. The van der Waals surface area contributed by atoms with Crippen molar-refractivity contribution >= 4 is 11.3 Å². The van der Waals surface area contributed by atoms with Gasteiger partial charge in [-0.1, -0.05) is 49.2 Å². The molecule has 0 saturated heterocycles. The Kier molecular flexibility index (Phi) is 4.23. The Morgan fingerprint density at radius 2 is 1.95 bits per heavy atom. The van der Waals surface area contributed by atoms with Crippen molar-refractivity contribution in [3.63, 3.8) is 0 Å². The summed E-state index contributed by atoms with van der Waals surface area (Å²) in [7, 11) is 0. The Hall–Kier alpha value is -1.12. The Morgan fingerprint density at radius 3 is 2.70 bits per heavy atom. The second-order valence-electron chi connectivity index (χ2n) is 6.02. The van der Waals surface area contributed by atoms with E-state index in [0.717, 1.165) is 19.3 Å². The third-order valence-electron chi connectivity index (χ3n) is 4.70. The zero-order chi connectivity index (χ0) is 13.8. The monoisotopic (exact) mass is 285 g/mol. The summed E-state index contributed by atoms with van der Waals surface area (Å²) in [5.41, 5.74) is 8.26. The Morgan fingerprint density at radius 1 is 1.10 bits per heavy atom. The van der Waals surface area contributed by atoms with E-state index in [2.05, 4.69) is 47.8 Å². The van der Waals surface area contributed by atoms with Gasteiger partial charge in [0.2, 0.25) is 0 Å². The van der Waals surface area contributed by atoms with E-state index in [4.69, 9.17) is 5.73 Å². The largest absolute Gasteiger partial charge is 0.325 e. The van der Waals surface area contributed by atoms with Gasteiger partial charge in [0.15, 0.2) is 0 Å². The summed E-state index contributed by atoms with van der Waals surface area (Å²) in [6.07, 6.45) is 7.23. The minimum Gasteiger partial charge on any atom is -0.325 e. The molecular weight excluding hydrogens is 262 g/mol. The normalized spacial score (nSPS) is 26.6. The molecule has 1 aliphatic carbocycles. The maximum atomic E-state index is 6.86. The van der Waals surface area contributed by atoms with E-state index in [1.54, 1.807) is 0 Å². The maximum Gasteiger partial charge on any atom is 0.0227 e. The highest BCUT2D eigenvalue weighted by atomic mass is 32.1. The topological polar surface area (TPSA) is 26.0 Å². The van der Waals surface area contributed by atoms with Gasteiger partial charge in [-0.3, -0.25) is 0 Å². The molecule has 0 amide bonds. The van der Waals surface area contributed by atoms with Crippen molar-refractivity contribution in [1.29, 1.82) is 0 Å². The molecule has 1 nitrogen and oxygen atoms in total. The molecule has 1 aromatic heterocycles. The summed E-state index contributed by atoms with van der Waals surface area (Å²) in [5.74, 6) is 0.525. The molecule has 2 atom stereocenters. The zero-order valence-corrected chi connectivity index (χ0v) is 12.7. The first kappa shape index (κ1) is 13.8. The lowest BCUT2D eigenvalue weighted by Gasteiger charge is -2.42. The lowest BCUT2D eigenvalue weighted by atomic mass is 9.68. The molecular formula is C18H23NS. The molecule has 20 heavy (non-hydrogen) atoms. The second-order valence-corrected chi connectivity index (χ2v) is 7.05. The zero-order valence-electron chi connectivity index (χ0n) is 11.9. The van der Waals surface area contributed by atoms with Crippen LogP contribution in [0.25, 0.3) is 0 Å². The number of hydrogen-bond donors (Lipinski definition) is 1. The van der Waals surface area contributed by atoms with Crippen LogP contribution in [-0.2, 0) is 6.42 Å². The van der Waals surface area contributed by atoms with E-state index in [-0.39, 0.29) is 5.54 Å². The van der Waals surface area contributed by atoms with E-state index >= 15 is 0 Å². The van der Waals surface area contributed by atoms with Crippen molar-refractivity contribution in [3.8, 4) is 0 Å². The van der Waals surface area contributed by atoms with Crippen molar-refractivity contribution in [2.24, 2.45) is 5.73 Å². The summed E-state index contributed by atoms with van der Waals surface area (Å²) in [6.45, 7) is 0. The van der Waals surface area contributed by atoms with E-state index in [9.17, 15) is 0 Å². The van der Waals surface area contributed by atoms with E-state index in [1.165, 1.54) is 29.7 Å². The van der Waals surface area contributed by atoms with Gasteiger partial charge in [-0.2, -0.15) is 0 Å². The average Bonchev–Trinajstić information content (AvgIpc) is 3.00. The molecule has 0 aliphatic heterocycles. The Labute approximate surface area is 125 Å². The van der Waals surface area contributed by atoms with Crippen molar-refractivity contribution in [2.75, 3.05) is 0 Å². The number of nitrogens with two attached hydrogens (primary N) is 1. The van der Waals surface area contributed by atoms with Crippen molar-refractivity contribution in [2.45, 2.75) is 50.0 Å². The summed E-state index contributed by atoms with van der Waals surface area (Å²) in [4.78, 5) is 1.47. The average molecular weight is 285 g/mol. The van der Waals surface area contributed by atoms with Gasteiger partial charge < -0.3 is 5.73 Å². The van der Waals surface area contributed by atoms with Crippen LogP contribution in [0, 0.1) is 0 Å². The van der Waals surface area contributed by atoms with Gasteiger partial charge in [0.05, 0.1) is 0 Å². The standard InChI is InChI=1S/C18H23NS/c19-18(13-11-16-9-6-14-20-16)12-5-4-10-17(18)15-7-2-1-3-8-15/h1-3,6-9,14,17H,4-5,10-13,19H2. The molecule has 1 heterocycles. The fourth-order valence-electron chi connectivity index (χ4n) is 3.56. The maximum absolute atomic E-state index is 6.86. The summed E-state index contributed by atoms with van der Waals surface area (Å²) >= 11 is 1.85. The van der Waals surface area contributed by atoms with Gasteiger partial charge in [0.1, 0.15) is 0 Å². The summed E-state index contributed by atoms with van der Waals surface area (Å²) < 4.78 is 0. The molecule has 0 bridgehead atoms. The SMILES string of the molecule is NC1(CCc2cccs2)CCCCC1c1ccccc1. The Balaban J connectivity index is 1.76. The molecule has 106 valence electrons. The molecule has 2 N–H and O–H groups in total. The third kappa shape index (κ3) is 2.97. The highest BCUT2D eigenvalue weighted by molar-refractivity contribution is 7.09. The smallest absolute Gasteiger partial charge is 0.0227 e. The lowest BCUT2D eigenvalue weighted by molar-refractivity contribution is 0.236. The van der Waals surface area contributed by atoms with Crippen LogP contribution < -0.4 is 5.73 Å². The molecule has 2 heteroatoms. The van der Waals surface area contributed by atoms with Gasteiger partial charge in [0.25, 0.3) is 0 Å². The van der Waals surface area contributed by atoms with E-state index in [0.29, 0.717) is 5.92 Å². The minimum atomic E-state index is -0.0242. The molecule has 2 aromatic rings. The molecule has 1 fully saturated rings. The number of benzene rings is 1. The van der Waals surface area contributed by atoms with Gasteiger partial charge >= 0.3 is 0 Å². The van der Waals surface area contributed by atoms with Crippen molar-refractivity contribution in [3.05, 3.63) is 58.3 Å². The van der Waals surface area contributed by atoms with Gasteiger partial charge in [-0.05, 0) is 42.7 Å². The number of aryl methyl sites for hydroxylation is 1. The minimum absolute atomic E-state index is 0.0242. The molecule has 1 saturated carbocycles. The summed E-state index contributed by atoms with van der Waals surface area (Å²) in [5, 5.41) is 2.16. The van der Waals surface area contributed by atoms with Gasteiger partial charge in [0, 0.05) is 16.3 Å². The third-order valence-corrected chi connectivity index (χ3v) is 5.63. The van der Waals surface area contributed by atoms with Gasteiger partial charge in [-0.25, -0.2) is 0 Å². The predicted octanol–water partition coefficient (Wildman–Crippen LogP) is 4.74. The molecule has 1 aliphatic rings. The number of thiophene rings is 1. The molecule has 0 radical (unpaired) electrons. The van der Waals surface area contributed by atoms with E-state index in [1.807, 2.05) is 11.3 Å². The van der Waals surface area contributed by atoms with Crippen molar-refractivity contribution in [1.82, 2.24) is 0 Å². The number of rotatable bonds is 4. The van der Waals surface area contributed by atoms with Crippen LogP contribution in [0.4, 0.5) is 0 Å². The number of hydrogen-bond acceptors (Lipinski definition) is 2.